The zero-order valence-corrected chi connectivity index (χ0v) is 10.8. The van der Waals surface area contributed by atoms with Crippen molar-refractivity contribution in [2.75, 3.05) is 0 Å². The van der Waals surface area contributed by atoms with Crippen LogP contribution in [0, 0.1) is 5.92 Å². The molecule has 0 aromatic carbocycles. The van der Waals surface area contributed by atoms with E-state index in [1.165, 1.54) is 24.0 Å². The summed E-state index contributed by atoms with van der Waals surface area (Å²) in [6.07, 6.45) is 9.26. The Balaban J connectivity index is 2.64. The lowest BCUT2D eigenvalue weighted by Crippen LogP contribution is -2.07. The molecule has 0 aromatic rings. The van der Waals surface area contributed by atoms with Crippen LogP contribution in [0.1, 0.15) is 47.0 Å². The molecule has 1 aliphatic carbocycles. The van der Waals surface area contributed by atoms with Crippen LogP contribution in [0.25, 0.3) is 0 Å². The van der Waals surface area contributed by atoms with Gasteiger partial charge in [-0.05, 0) is 65.0 Å². The standard InChI is InChI=1S/C15H22O/c1-11(2)9-15(16)10-13(4)14-7-5-12(3)6-8-14/h5,9-10,14H,6-8H2,1-4H3/b13-10-/t14-/m0/s1. The maximum absolute atomic E-state index is 11.6. The van der Waals surface area contributed by atoms with Gasteiger partial charge in [0.2, 0.25) is 0 Å². The van der Waals surface area contributed by atoms with Gasteiger partial charge in [0.05, 0.1) is 0 Å². The van der Waals surface area contributed by atoms with Gasteiger partial charge < -0.3 is 0 Å². The Morgan fingerprint density at radius 3 is 2.50 bits per heavy atom. The minimum absolute atomic E-state index is 0.128. The van der Waals surface area contributed by atoms with E-state index in [2.05, 4.69) is 19.9 Å². The van der Waals surface area contributed by atoms with E-state index in [0.717, 1.165) is 12.0 Å². The molecule has 0 fully saturated rings. The van der Waals surface area contributed by atoms with Gasteiger partial charge in [0, 0.05) is 0 Å². The Labute approximate surface area is 98.9 Å². The zero-order chi connectivity index (χ0) is 12.1. The van der Waals surface area contributed by atoms with Gasteiger partial charge in [-0.15, -0.1) is 0 Å². The summed E-state index contributed by atoms with van der Waals surface area (Å²) in [6, 6.07) is 0. The molecule has 1 nitrogen and oxygen atoms in total. The molecule has 1 aliphatic rings. The summed E-state index contributed by atoms with van der Waals surface area (Å²) in [5.41, 5.74) is 3.78. The van der Waals surface area contributed by atoms with Crippen molar-refractivity contribution in [3.05, 3.63) is 34.9 Å². The molecule has 0 unspecified atom stereocenters. The second kappa shape index (κ2) is 5.83. The van der Waals surface area contributed by atoms with Crippen molar-refractivity contribution in [2.45, 2.75) is 47.0 Å². The molecule has 0 saturated heterocycles. The van der Waals surface area contributed by atoms with Gasteiger partial charge in [0.25, 0.3) is 0 Å². The van der Waals surface area contributed by atoms with E-state index in [0.29, 0.717) is 5.92 Å². The number of ketones is 1. The van der Waals surface area contributed by atoms with Gasteiger partial charge in [0.1, 0.15) is 0 Å². The number of hydrogen-bond donors (Lipinski definition) is 0. The first kappa shape index (κ1) is 13.0. The van der Waals surface area contributed by atoms with Crippen LogP contribution in [-0.4, -0.2) is 5.78 Å². The molecule has 16 heavy (non-hydrogen) atoms. The fraction of sp³-hybridized carbons (Fsp3) is 0.533. The molecule has 0 radical (unpaired) electrons. The highest BCUT2D eigenvalue weighted by Crippen LogP contribution is 2.28. The first-order valence-electron chi connectivity index (χ1n) is 6.01. The minimum atomic E-state index is 0.128. The summed E-state index contributed by atoms with van der Waals surface area (Å²) >= 11 is 0. The first-order valence-corrected chi connectivity index (χ1v) is 6.01. The lowest BCUT2D eigenvalue weighted by molar-refractivity contribution is -0.110. The van der Waals surface area contributed by atoms with Crippen molar-refractivity contribution in [1.82, 2.24) is 0 Å². The van der Waals surface area contributed by atoms with E-state index in [4.69, 9.17) is 0 Å². The second-order valence-electron chi connectivity index (χ2n) is 5.03. The molecule has 0 aromatic heterocycles. The predicted molar refractivity (Wildman–Crippen MR) is 69.3 cm³/mol. The van der Waals surface area contributed by atoms with Crippen molar-refractivity contribution in [1.29, 1.82) is 0 Å². The molecule has 0 spiro atoms. The highest BCUT2D eigenvalue weighted by molar-refractivity contribution is 6.00. The van der Waals surface area contributed by atoms with Crippen molar-refractivity contribution in [2.24, 2.45) is 5.92 Å². The topological polar surface area (TPSA) is 17.1 Å². The number of hydrogen-bond acceptors (Lipinski definition) is 1. The summed E-state index contributed by atoms with van der Waals surface area (Å²) in [6.45, 7) is 8.17. The molecule has 0 aliphatic heterocycles. The van der Waals surface area contributed by atoms with Gasteiger partial charge in [-0.1, -0.05) is 22.8 Å². The SMILES string of the molecule is CC(C)=CC(=O)/C=C(/C)[C@H]1CC=C(C)CC1. The Hall–Kier alpha value is -1.11. The Morgan fingerprint density at radius 1 is 1.31 bits per heavy atom. The molecule has 1 atom stereocenters. The lowest BCUT2D eigenvalue weighted by Gasteiger charge is -2.20. The summed E-state index contributed by atoms with van der Waals surface area (Å²) in [7, 11) is 0. The maximum atomic E-state index is 11.6. The average molecular weight is 218 g/mol. The molecule has 1 heteroatoms. The van der Waals surface area contributed by atoms with E-state index in [-0.39, 0.29) is 5.78 Å². The highest BCUT2D eigenvalue weighted by atomic mass is 16.1. The van der Waals surface area contributed by atoms with Crippen molar-refractivity contribution in [3.63, 3.8) is 0 Å². The van der Waals surface area contributed by atoms with E-state index in [9.17, 15) is 4.79 Å². The van der Waals surface area contributed by atoms with E-state index in [1.54, 1.807) is 12.2 Å². The molecule has 1 rings (SSSR count). The Kier molecular flexibility index (Phi) is 4.72. The smallest absolute Gasteiger partial charge is 0.178 e. The summed E-state index contributed by atoms with van der Waals surface area (Å²) < 4.78 is 0. The van der Waals surface area contributed by atoms with Gasteiger partial charge in [-0.25, -0.2) is 0 Å². The van der Waals surface area contributed by atoms with Crippen LogP contribution < -0.4 is 0 Å². The summed E-state index contributed by atoms with van der Waals surface area (Å²) in [5.74, 6) is 0.696. The van der Waals surface area contributed by atoms with Crippen molar-refractivity contribution < 1.29 is 4.79 Å². The normalized spacial score (nSPS) is 21.4. The molecule has 0 amide bonds. The van der Waals surface area contributed by atoms with Crippen LogP contribution in [0.2, 0.25) is 0 Å². The maximum Gasteiger partial charge on any atom is 0.178 e. The third-order valence-electron chi connectivity index (χ3n) is 3.08. The Morgan fingerprint density at radius 2 is 2.00 bits per heavy atom. The van der Waals surface area contributed by atoms with Gasteiger partial charge in [0.15, 0.2) is 5.78 Å². The second-order valence-corrected chi connectivity index (χ2v) is 5.03. The fourth-order valence-corrected chi connectivity index (χ4v) is 2.05. The van der Waals surface area contributed by atoms with Crippen molar-refractivity contribution >= 4 is 5.78 Å². The number of carbonyl (C=O) groups excluding carboxylic acids is 1. The summed E-state index contributed by atoms with van der Waals surface area (Å²) in [5, 5.41) is 0. The molecular formula is C15H22O. The average Bonchev–Trinajstić information content (AvgIpc) is 2.16. The predicted octanol–water partition coefficient (Wildman–Crippen LogP) is 4.21. The molecule has 0 N–H and O–H groups in total. The van der Waals surface area contributed by atoms with E-state index in [1.807, 2.05) is 13.8 Å². The van der Waals surface area contributed by atoms with Gasteiger partial charge >= 0.3 is 0 Å². The lowest BCUT2D eigenvalue weighted by atomic mass is 9.85. The van der Waals surface area contributed by atoms with E-state index >= 15 is 0 Å². The molecule has 0 saturated carbocycles. The van der Waals surface area contributed by atoms with Crippen LogP contribution >= 0.6 is 0 Å². The van der Waals surface area contributed by atoms with E-state index < -0.39 is 0 Å². The van der Waals surface area contributed by atoms with Crippen LogP contribution in [-0.2, 0) is 4.79 Å². The van der Waals surface area contributed by atoms with Crippen LogP contribution in [0.4, 0.5) is 0 Å². The monoisotopic (exact) mass is 218 g/mol. The highest BCUT2D eigenvalue weighted by Gasteiger charge is 2.14. The Bertz CT molecular complexity index is 352. The van der Waals surface area contributed by atoms with Crippen LogP contribution in [0.3, 0.4) is 0 Å². The number of carbonyl (C=O) groups is 1. The van der Waals surface area contributed by atoms with Crippen LogP contribution in [0.15, 0.2) is 34.9 Å². The third-order valence-corrected chi connectivity index (χ3v) is 3.08. The largest absolute Gasteiger partial charge is 0.290 e. The van der Waals surface area contributed by atoms with Gasteiger partial charge in [-0.2, -0.15) is 0 Å². The third kappa shape index (κ3) is 4.18. The minimum Gasteiger partial charge on any atom is -0.290 e. The summed E-state index contributed by atoms with van der Waals surface area (Å²) in [4.78, 5) is 11.6. The molecule has 0 bridgehead atoms. The molecule has 0 heterocycles. The fourth-order valence-electron chi connectivity index (χ4n) is 2.05. The van der Waals surface area contributed by atoms with Crippen molar-refractivity contribution in [3.8, 4) is 0 Å². The quantitative estimate of drug-likeness (QED) is 0.512. The van der Waals surface area contributed by atoms with Crippen LogP contribution in [0.5, 0.6) is 0 Å². The zero-order valence-electron chi connectivity index (χ0n) is 10.8. The first-order chi connectivity index (χ1) is 7.49. The number of allylic oxidation sites excluding steroid dienone is 6. The van der Waals surface area contributed by atoms with Gasteiger partial charge in [-0.3, -0.25) is 4.79 Å². The molecule has 88 valence electrons. The number of rotatable bonds is 3. The molecular weight excluding hydrogens is 196 g/mol.